The standard InChI is InChI=1S/C25H26ClN6O2/c1-18-16-30(32(34)25-24(18)19(2)31(27-25)21-8-4-3-5-9-21)17-23(33)29-13-11-28(12-14-29)22-10-6-7-20(26)15-22/h3-10,15-16H,11-14,17H2,1-2H3/q+1. The van der Waals surface area contributed by atoms with E-state index in [2.05, 4.69) is 10.00 Å². The molecule has 0 unspecified atom stereocenters. The third kappa shape index (κ3) is 4.05. The molecule has 3 heterocycles. The Labute approximate surface area is 202 Å². The summed E-state index contributed by atoms with van der Waals surface area (Å²) >= 11 is 6.12. The van der Waals surface area contributed by atoms with Gasteiger partial charge in [-0.1, -0.05) is 35.9 Å². The lowest BCUT2D eigenvalue weighted by Crippen LogP contribution is -2.50. The van der Waals surface area contributed by atoms with E-state index in [4.69, 9.17) is 11.6 Å². The van der Waals surface area contributed by atoms with Gasteiger partial charge in [-0.15, -0.1) is 4.68 Å². The van der Waals surface area contributed by atoms with Gasteiger partial charge in [-0.3, -0.25) is 4.79 Å². The number of halogens is 1. The van der Waals surface area contributed by atoms with Gasteiger partial charge in [0, 0.05) is 36.9 Å². The molecule has 0 atom stereocenters. The Morgan fingerprint density at radius 2 is 1.71 bits per heavy atom. The number of anilines is 1. The van der Waals surface area contributed by atoms with Gasteiger partial charge in [-0.2, -0.15) is 4.68 Å². The number of fused-ring (bicyclic) bond motifs is 1. The minimum Gasteiger partial charge on any atom is -0.368 e. The Balaban J connectivity index is 1.35. The SMILES string of the molecule is Cc1cn(CC(=O)N2CCN(c3cccc(Cl)c3)CC2)[n+](=O)c2nn(-c3ccccc3)c(C)c12. The fourth-order valence-electron chi connectivity index (χ4n) is 4.60. The van der Waals surface area contributed by atoms with Crippen LogP contribution in [0.4, 0.5) is 5.69 Å². The molecule has 1 aliphatic rings. The van der Waals surface area contributed by atoms with Gasteiger partial charge in [0.1, 0.15) is 11.9 Å². The van der Waals surface area contributed by atoms with Gasteiger partial charge in [0.25, 0.3) is 0 Å². The maximum Gasteiger partial charge on any atom is 0.422 e. The molecule has 0 aliphatic carbocycles. The first-order valence-electron chi connectivity index (χ1n) is 11.3. The van der Waals surface area contributed by atoms with Crippen LogP contribution in [0, 0.1) is 18.8 Å². The zero-order chi connectivity index (χ0) is 23.8. The zero-order valence-corrected chi connectivity index (χ0v) is 19.9. The van der Waals surface area contributed by atoms with Crippen LogP contribution in [0.5, 0.6) is 0 Å². The van der Waals surface area contributed by atoms with Gasteiger partial charge in [0.2, 0.25) is 5.91 Å². The lowest BCUT2D eigenvalue weighted by Gasteiger charge is -2.36. The van der Waals surface area contributed by atoms with Crippen LogP contribution in [0.3, 0.4) is 0 Å². The summed E-state index contributed by atoms with van der Waals surface area (Å²) in [5.41, 5.74) is 4.03. The highest BCUT2D eigenvalue weighted by Crippen LogP contribution is 2.22. The van der Waals surface area contributed by atoms with Crippen molar-refractivity contribution in [3.05, 3.63) is 82.0 Å². The average molecular weight is 478 g/mol. The maximum atomic E-state index is 13.2. The van der Waals surface area contributed by atoms with E-state index in [1.165, 1.54) is 4.68 Å². The number of nitrogens with zero attached hydrogens (tertiary/aromatic N) is 6. The summed E-state index contributed by atoms with van der Waals surface area (Å²) in [4.78, 5) is 30.2. The molecule has 174 valence electrons. The number of piperazine rings is 1. The zero-order valence-electron chi connectivity index (χ0n) is 19.2. The average Bonchev–Trinajstić information content (AvgIpc) is 3.21. The van der Waals surface area contributed by atoms with Crippen molar-refractivity contribution < 1.29 is 9.34 Å². The van der Waals surface area contributed by atoms with Crippen molar-refractivity contribution >= 4 is 34.2 Å². The molecule has 0 radical (unpaired) electrons. The van der Waals surface area contributed by atoms with E-state index in [0.717, 1.165) is 32.6 Å². The Hall–Kier alpha value is -3.65. The Bertz CT molecular complexity index is 1420. The molecule has 8 nitrogen and oxygen atoms in total. The van der Waals surface area contributed by atoms with Gasteiger partial charge in [-0.05, 0) is 54.6 Å². The van der Waals surface area contributed by atoms with Gasteiger partial charge in [0.15, 0.2) is 0 Å². The summed E-state index contributed by atoms with van der Waals surface area (Å²) in [6, 6.07) is 17.4. The molecule has 2 aromatic carbocycles. The quantitative estimate of drug-likeness (QED) is 0.423. The van der Waals surface area contributed by atoms with E-state index in [1.54, 1.807) is 15.8 Å². The Morgan fingerprint density at radius 3 is 2.41 bits per heavy atom. The first-order chi connectivity index (χ1) is 16.4. The summed E-state index contributed by atoms with van der Waals surface area (Å²) < 4.78 is 3.91. The second-order valence-corrected chi connectivity index (χ2v) is 9.00. The normalized spacial score (nSPS) is 14.1. The largest absolute Gasteiger partial charge is 0.422 e. The van der Waals surface area contributed by atoms with E-state index >= 15 is 0 Å². The lowest BCUT2D eigenvalue weighted by atomic mass is 10.2. The van der Waals surface area contributed by atoms with Crippen molar-refractivity contribution in [2.24, 2.45) is 0 Å². The number of aryl methyl sites for hydroxylation is 2. The smallest absolute Gasteiger partial charge is 0.368 e. The number of rotatable bonds is 4. The van der Waals surface area contributed by atoms with Crippen LogP contribution in [0.15, 0.2) is 60.8 Å². The predicted molar refractivity (Wildman–Crippen MR) is 132 cm³/mol. The van der Waals surface area contributed by atoms with Gasteiger partial charge < -0.3 is 9.80 Å². The molecule has 9 heteroatoms. The van der Waals surface area contributed by atoms with Crippen molar-refractivity contribution in [2.75, 3.05) is 31.1 Å². The number of carbonyl (C=O) groups excluding carboxylic acids is 1. The second-order valence-electron chi connectivity index (χ2n) is 8.56. The lowest BCUT2D eigenvalue weighted by molar-refractivity contribution is -0.572. The molecule has 0 bridgehead atoms. The molecule has 1 aliphatic heterocycles. The number of para-hydroxylation sites is 1. The fourth-order valence-corrected chi connectivity index (χ4v) is 4.79. The highest BCUT2D eigenvalue weighted by atomic mass is 35.5. The van der Waals surface area contributed by atoms with Crippen LogP contribution in [-0.4, -0.2) is 51.4 Å². The molecular formula is C25H26ClN6O2+. The topological polar surface area (TPSA) is 69.3 Å². The van der Waals surface area contributed by atoms with Gasteiger partial charge in [-0.25, -0.2) is 0 Å². The molecule has 1 saturated heterocycles. The molecule has 0 N–H and O–H groups in total. The van der Waals surface area contributed by atoms with Crippen LogP contribution in [0.1, 0.15) is 11.3 Å². The second kappa shape index (κ2) is 8.95. The van der Waals surface area contributed by atoms with Gasteiger partial charge in [0.05, 0.1) is 27.2 Å². The molecule has 1 amide bonds. The summed E-state index contributed by atoms with van der Waals surface area (Å²) in [6.45, 7) is 6.47. The minimum absolute atomic E-state index is 0.0330. The fraction of sp³-hybridized carbons (Fsp3) is 0.280. The van der Waals surface area contributed by atoms with E-state index in [-0.39, 0.29) is 12.5 Å². The predicted octanol–water partition coefficient (Wildman–Crippen LogP) is 3.36. The maximum absolute atomic E-state index is 13.2. The van der Waals surface area contributed by atoms with Crippen molar-refractivity contribution in [1.82, 2.24) is 19.4 Å². The number of carbonyl (C=O) groups is 1. The molecule has 5 rings (SSSR count). The van der Waals surface area contributed by atoms with E-state index in [9.17, 15) is 9.70 Å². The monoisotopic (exact) mass is 477 g/mol. The van der Waals surface area contributed by atoms with Crippen LogP contribution in [0.2, 0.25) is 5.02 Å². The summed E-state index contributed by atoms with van der Waals surface area (Å²) in [7, 11) is 0. The Kier molecular flexibility index (Phi) is 5.83. The third-order valence-corrected chi connectivity index (χ3v) is 6.59. The molecule has 0 spiro atoms. The van der Waals surface area contributed by atoms with Crippen LogP contribution in [-0.2, 0) is 11.3 Å². The molecule has 0 saturated carbocycles. The van der Waals surface area contributed by atoms with Crippen LogP contribution >= 0.6 is 11.6 Å². The minimum atomic E-state index is -0.0849. The molecule has 1 fully saturated rings. The molecule has 4 aromatic rings. The van der Waals surface area contributed by atoms with Crippen LogP contribution < -0.4 is 9.44 Å². The first-order valence-corrected chi connectivity index (χ1v) is 11.7. The number of benzene rings is 2. The van der Waals surface area contributed by atoms with Crippen LogP contribution in [0.25, 0.3) is 16.7 Å². The van der Waals surface area contributed by atoms with Crippen molar-refractivity contribution in [1.29, 1.82) is 0 Å². The van der Waals surface area contributed by atoms with Crippen molar-refractivity contribution in [3.8, 4) is 5.69 Å². The van der Waals surface area contributed by atoms with Crippen molar-refractivity contribution in [2.45, 2.75) is 20.4 Å². The van der Waals surface area contributed by atoms with Gasteiger partial charge >= 0.3 is 5.65 Å². The Morgan fingerprint density at radius 1 is 1.00 bits per heavy atom. The summed E-state index contributed by atoms with van der Waals surface area (Å²) in [5.74, 6) is -0.0849. The molecule has 34 heavy (non-hydrogen) atoms. The summed E-state index contributed by atoms with van der Waals surface area (Å²) in [6.07, 6.45) is 1.74. The number of aromatic nitrogens is 4. The molecule has 2 aromatic heterocycles. The first kappa shape index (κ1) is 22.2. The highest BCUT2D eigenvalue weighted by molar-refractivity contribution is 6.30. The van der Waals surface area contributed by atoms with E-state index in [0.29, 0.717) is 36.8 Å². The number of hydrogen-bond acceptors (Lipinski definition) is 4. The van der Waals surface area contributed by atoms with Crippen molar-refractivity contribution in [3.63, 3.8) is 0 Å². The summed E-state index contributed by atoms with van der Waals surface area (Å²) in [5, 5.41) is 6.08. The third-order valence-electron chi connectivity index (χ3n) is 6.35. The van der Waals surface area contributed by atoms with E-state index in [1.807, 2.05) is 68.4 Å². The van der Waals surface area contributed by atoms with E-state index < -0.39 is 0 Å². The number of amides is 1. The number of hydrogen-bond donors (Lipinski definition) is 0. The highest BCUT2D eigenvalue weighted by Gasteiger charge is 2.27. The molecular weight excluding hydrogens is 452 g/mol.